The molecule has 10 aromatic rings. The number of nitrogens with two attached hydrogens (primary N) is 1. The van der Waals surface area contributed by atoms with Crippen molar-refractivity contribution >= 4 is 142 Å². The van der Waals surface area contributed by atoms with Gasteiger partial charge in [-0.1, -0.05) is 12.8 Å². The highest BCUT2D eigenvalue weighted by molar-refractivity contribution is 9.11. The Morgan fingerprint density at radius 3 is 1.42 bits per heavy atom. The Balaban J connectivity index is 0.000000156. The topological polar surface area (TPSA) is 266 Å². The molecule has 5 N–H and O–H groups in total. The Morgan fingerprint density at radius 1 is 0.525 bits per heavy atom. The first-order valence-corrected chi connectivity index (χ1v) is 40.6. The molecule has 99 heavy (non-hydrogen) atoms. The number of piperidine rings is 4. The Hall–Kier alpha value is -7.83. The lowest BCUT2D eigenvalue weighted by Crippen LogP contribution is -2.46. The normalized spacial score (nSPS) is 16.0. The average molecular weight is 1530 g/mol. The molecule has 0 aliphatic carbocycles. The van der Waals surface area contributed by atoms with E-state index in [4.69, 9.17) is 31.8 Å². The van der Waals surface area contributed by atoms with Gasteiger partial charge in [0, 0.05) is 148 Å². The molecule has 4 saturated heterocycles. The highest BCUT2D eigenvalue weighted by Gasteiger charge is 2.31. The standard InChI is InChI=1S/C35H42BrN10O2P.C21H31N5O.C14H12BrClN5OP/c1-44-22-23(20-40-44)25-18-29(31(48-2)19-30(25)46-16-10-24(11-17-46)45-14-6-5-7-15-45)42-35-39-21-26(36)34(43-35)41-28-9-8-27-32(38-13-12-37-27)33(28)49(3,4)47;1-24-15-16(14-23-24)18-12-19(22)21(27-2)13-20(18)26-10-6-17(7-11-26)25-8-4-3-5-9-25;1-23(2,22)12-10(4-3-9-11(12)18-6-5-17-9)20-13-8(15)7-19-14(16)21-13/h8-9,12-13,18-22,24H,5-7,10-11,14-17H2,1-4H3,(H2,39,41,42,43);12-15,17H,3-11,22H2,1-2H3;3-7H,1-2H3,(H,19,20,21). The number of aryl methyl sites for hydroxylation is 2. The molecule has 14 rings (SSSR count). The Kier molecular flexibility index (Phi) is 22.5. The van der Waals surface area contributed by atoms with Gasteiger partial charge in [-0.05, 0) is 184 Å². The number of ether oxygens (including phenoxy) is 2. The molecule has 6 aromatic heterocycles. The second kappa shape index (κ2) is 31.4. The van der Waals surface area contributed by atoms with Crippen molar-refractivity contribution in [3.05, 3.63) is 125 Å². The van der Waals surface area contributed by atoms with Crippen LogP contribution in [-0.2, 0) is 23.2 Å². The first-order chi connectivity index (χ1) is 47.7. The SMILES string of the molecule is COc1cc(N2CCC(N3CCCCC3)CC2)c(-c2cnn(C)c2)cc1N.COc1cc(N2CCC(N3CCCCC3)CC2)c(-c2cnn(C)c2)cc1Nc1ncc(Br)c(Nc2ccc3nccnc3c2P(C)(C)=O)n1.CP(C)(=O)c1c(Nc2nc(Cl)ncc2Br)ccc2nccnc12. The van der Waals surface area contributed by atoms with Gasteiger partial charge in [0.05, 0.1) is 80.0 Å². The number of nitrogens with zero attached hydrogens (tertiary/aromatic N) is 16. The van der Waals surface area contributed by atoms with Crippen LogP contribution in [0.15, 0.2) is 119 Å². The van der Waals surface area contributed by atoms with Gasteiger partial charge in [-0.15, -0.1) is 0 Å². The number of nitrogens with one attached hydrogen (secondary N) is 3. The molecule has 4 aromatic carbocycles. The van der Waals surface area contributed by atoms with Gasteiger partial charge in [0.15, 0.2) is 0 Å². The van der Waals surface area contributed by atoms with Crippen molar-refractivity contribution in [1.82, 2.24) is 69.2 Å². The molecule has 4 aliphatic rings. The maximum absolute atomic E-state index is 13.5. The molecule has 24 nitrogen and oxygen atoms in total. The van der Waals surface area contributed by atoms with Crippen LogP contribution in [0.3, 0.4) is 0 Å². The number of rotatable bonds is 16. The maximum atomic E-state index is 13.5. The minimum Gasteiger partial charge on any atom is -0.495 e. The molecule has 10 heterocycles. The maximum Gasteiger partial charge on any atom is 0.229 e. The number of halogens is 3. The highest BCUT2D eigenvalue weighted by Crippen LogP contribution is 2.46. The zero-order chi connectivity index (χ0) is 69.5. The summed E-state index contributed by atoms with van der Waals surface area (Å²) in [4.78, 5) is 45.3. The number of likely N-dealkylation sites (tertiary alicyclic amines) is 2. The van der Waals surface area contributed by atoms with Gasteiger partial charge >= 0.3 is 0 Å². The third-order valence-electron chi connectivity index (χ3n) is 18.6. The number of nitrogen functional groups attached to an aromatic ring is 1. The van der Waals surface area contributed by atoms with E-state index in [0.717, 1.165) is 84.4 Å². The number of anilines is 9. The largest absolute Gasteiger partial charge is 0.495 e. The molecule has 0 amide bonds. The van der Waals surface area contributed by atoms with Crippen molar-refractivity contribution in [2.24, 2.45) is 14.1 Å². The van der Waals surface area contributed by atoms with Crippen LogP contribution in [0.1, 0.15) is 64.2 Å². The van der Waals surface area contributed by atoms with Crippen LogP contribution >= 0.6 is 57.7 Å². The molecule has 520 valence electrons. The predicted octanol–water partition coefficient (Wildman–Crippen LogP) is 13.7. The molecule has 4 fully saturated rings. The van der Waals surface area contributed by atoms with Crippen molar-refractivity contribution in [3.8, 4) is 33.8 Å². The lowest BCUT2D eigenvalue weighted by molar-refractivity contribution is 0.141. The van der Waals surface area contributed by atoms with E-state index < -0.39 is 14.3 Å². The van der Waals surface area contributed by atoms with Gasteiger partial charge in [-0.25, -0.2) is 9.97 Å². The van der Waals surface area contributed by atoms with Crippen LogP contribution in [0.5, 0.6) is 11.5 Å². The van der Waals surface area contributed by atoms with E-state index in [1.165, 1.54) is 83.2 Å². The van der Waals surface area contributed by atoms with Gasteiger partial charge in [0.25, 0.3) is 0 Å². The Bertz CT molecular complexity index is 4600. The number of benzene rings is 4. The van der Waals surface area contributed by atoms with Crippen molar-refractivity contribution in [2.75, 3.05) is 125 Å². The summed E-state index contributed by atoms with van der Waals surface area (Å²) in [7, 11) is 1.86. The lowest BCUT2D eigenvalue weighted by atomic mass is 9.97. The summed E-state index contributed by atoms with van der Waals surface area (Å²) in [6, 6.07) is 17.1. The molecule has 0 radical (unpaired) electrons. The molecule has 4 aliphatic heterocycles. The fourth-order valence-corrected chi connectivity index (χ4v) is 17.4. The summed E-state index contributed by atoms with van der Waals surface area (Å²) >= 11 is 12.8. The van der Waals surface area contributed by atoms with Gasteiger partial charge in [0.1, 0.15) is 48.5 Å². The zero-order valence-electron chi connectivity index (χ0n) is 57.2. The zero-order valence-corrected chi connectivity index (χ0v) is 62.9. The quantitative estimate of drug-likeness (QED) is 0.0398. The average Bonchev–Trinajstić information content (AvgIpc) is 1.66. The number of hydrogen-bond acceptors (Lipinski definition) is 22. The van der Waals surface area contributed by atoms with Crippen molar-refractivity contribution in [2.45, 2.75) is 76.3 Å². The van der Waals surface area contributed by atoms with E-state index in [2.05, 4.69) is 131 Å². The van der Waals surface area contributed by atoms with Crippen LogP contribution in [0.25, 0.3) is 44.3 Å². The summed E-state index contributed by atoms with van der Waals surface area (Å²) in [6.45, 7) is 16.0. The molecular weight excluding hydrogens is 1440 g/mol. The van der Waals surface area contributed by atoms with E-state index in [-0.39, 0.29) is 5.28 Å². The van der Waals surface area contributed by atoms with Crippen molar-refractivity contribution < 1.29 is 18.6 Å². The first-order valence-electron chi connectivity index (χ1n) is 33.4. The molecular formula is C70H85Br2ClN20O4P2. The molecule has 0 atom stereocenters. The number of methoxy groups -OCH3 is 2. The number of hydrogen-bond donors (Lipinski definition) is 4. The van der Waals surface area contributed by atoms with Crippen LogP contribution in [-0.4, -0.2) is 175 Å². The molecule has 0 saturated carbocycles. The van der Waals surface area contributed by atoms with Crippen molar-refractivity contribution in [3.63, 3.8) is 0 Å². The monoisotopic (exact) mass is 1520 g/mol. The minimum absolute atomic E-state index is 0.119. The van der Waals surface area contributed by atoms with Gasteiger partial charge < -0.3 is 59.9 Å². The third kappa shape index (κ3) is 16.8. The fourth-order valence-electron chi connectivity index (χ4n) is 13.9. The summed E-state index contributed by atoms with van der Waals surface area (Å²) in [5.41, 5.74) is 18.2. The van der Waals surface area contributed by atoms with Crippen LogP contribution in [0.4, 0.5) is 51.7 Å². The van der Waals surface area contributed by atoms with E-state index in [0.29, 0.717) is 88.1 Å². The van der Waals surface area contributed by atoms with E-state index >= 15 is 0 Å². The Labute approximate surface area is 599 Å². The summed E-state index contributed by atoms with van der Waals surface area (Å²) in [6.07, 6.45) is 30.4. The number of fused-ring (bicyclic) bond motifs is 2. The van der Waals surface area contributed by atoms with E-state index in [1.54, 1.807) is 78.1 Å². The summed E-state index contributed by atoms with van der Waals surface area (Å²) in [5.74, 6) is 2.80. The van der Waals surface area contributed by atoms with Crippen LogP contribution in [0, 0.1) is 0 Å². The summed E-state index contributed by atoms with van der Waals surface area (Å²) in [5, 5.41) is 20.2. The van der Waals surface area contributed by atoms with Gasteiger partial charge in [-0.2, -0.15) is 20.2 Å². The van der Waals surface area contributed by atoms with Gasteiger partial charge in [0.2, 0.25) is 11.2 Å². The van der Waals surface area contributed by atoms with Gasteiger partial charge in [-0.3, -0.25) is 29.3 Å². The molecule has 0 spiro atoms. The van der Waals surface area contributed by atoms with E-state index in [9.17, 15) is 9.13 Å². The first kappa shape index (κ1) is 71.0. The van der Waals surface area contributed by atoms with E-state index in [1.807, 2.05) is 78.6 Å². The Morgan fingerprint density at radius 2 is 0.970 bits per heavy atom. The third-order valence-corrected chi connectivity index (χ3v) is 23.0. The molecule has 29 heteroatoms. The lowest BCUT2D eigenvalue weighted by Gasteiger charge is -2.41. The van der Waals surface area contributed by atoms with Crippen LogP contribution in [0.2, 0.25) is 5.28 Å². The second-order valence-electron chi connectivity index (χ2n) is 26.2. The molecule has 0 bridgehead atoms. The smallest absolute Gasteiger partial charge is 0.229 e. The highest BCUT2D eigenvalue weighted by atomic mass is 79.9. The predicted molar refractivity (Wildman–Crippen MR) is 408 cm³/mol. The van der Waals surface area contributed by atoms with Crippen LogP contribution < -0.4 is 51.6 Å². The number of aromatic nitrogens is 12. The van der Waals surface area contributed by atoms with Crippen molar-refractivity contribution in [1.29, 1.82) is 0 Å². The fraction of sp³-hybridized carbons (Fsp3) is 0.400. The summed E-state index contributed by atoms with van der Waals surface area (Å²) < 4.78 is 42.7. The minimum atomic E-state index is -2.76. The second-order valence-corrected chi connectivity index (χ2v) is 34.5. The molecule has 0 unspecified atom stereocenters.